The third-order valence-corrected chi connectivity index (χ3v) is 4.79. The molecule has 5 nitrogen and oxygen atoms in total. The molecule has 15 heavy (non-hydrogen) atoms. The second-order valence-electron chi connectivity index (χ2n) is 4.27. The molecule has 86 valence electrons. The second-order valence-corrected chi connectivity index (χ2v) is 6.50. The number of hydrogen-bond donors (Lipinski definition) is 1. The van der Waals surface area contributed by atoms with Crippen molar-refractivity contribution in [2.45, 2.75) is 25.4 Å². The van der Waals surface area contributed by atoms with Gasteiger partial charge >= 0.3 is 6.09 Å². The Morgan fingerprint density at radius 3 is 2.87 bits per heavy atom. The summed E-state index contributed by atoms with van der Waals surface area (Å²) < 4.78 is 27.7. The fraction of sp³-hybridized carbons (Fsp3) is 0.889. The van der Waals surface area contributed by atoms with Crippen molar-refractivity contribution in [3.63, 3.8) is 0 Å². The lowest BCUT2D eigenvalue weighted by atomic mass is 9.98. The lowest BCUT2D eigenvalue weighted by Crippen LogP contribution is -2.29. The molecule has 0 spiro atoms. The van der Waals surface area contributed by atoms with Gasteiger partial charge in [0.15, 0.2) is 9.84 Å². The largest absolute Gasteiger partial charge is 0.444 e. The predicted molar refractivity (Wildman–Crippen MR) is 54.3 cm³/mol. The van der Waals surface area contributed by atoms with Gasteiger partial charge in [0.1, 0.15) is 6.10 Å². The average Bonchev–Trinajstić information content (AvgIpc) is 2.49. The summed E-state index contributed by atoms with van der Waals surface area (Å²) in [5, 5.41) is 2.57. The molecule has 2 aliphatic rings. The van der Waals surface area contributed by atoms with Gasteiger partial charge < -0.3 is 10.1 Å². The Labute approximate surface area is 89.1 Å². The number of carbonyl (C=O) groups excluding carboxylic acids is 1. The zero-order valence-electron chi connectivity index (χ0n) is 8.44. The van der Waals surface area contributed by atoms with E-state index in [9.17, 15) is 13.2 Å². The van der Waals surface area contributed by atoms with Gasteiger partial charge in [-0.2, -0.15) is 0 Å². The van der Waals surface area contributed by atoms with Gasteiger partial charge in [-0.15, -0.1) is 0 Å². The van der Waals surface area contributed by atoms with Crippen LogP contribution in [0.5, 0.6) is 0 Å². The number of carbonyl (C=O) groups is 1. The molecule has 0 aliphatic carbocycles. The van der Waals surface area contributed by atoms with Crippen molar-refractivity contribution >= 4 is 15.9 Å². The SMILES string of the molecule is O=C1NCC(CC2CCCS(=O)(=O)C2)O1. The minimum Gasteiger partial charge on any atom is -0.444 e. The third kappa shape index (κ3) is 2.84. The van der Waals surface area contributed by atoms with E-state index in [2.05, 4.69) is 5.32 Å². The van der Waals surface area contributed by atoms with Gasteiger partial charge in [0, 0.05) is 0 Å². The molecule has 1 N–H and O–H groups in total. The number of cyclic esters (lactones) is 1. The molecule has 2 saturated heterocycles. The molecule has 2 unspecified atom stereocenters. The van der Waals surface area contributed by atoms with E-state index < -0.39 is 15.9 Å². The Morgan fingerprint density at radius 1 is 1.47 bits per heavy atom. The van der Waals surface area contributed by atoms with Crippen LogP contribution in [0.3, 0.4) is 0 Å². The first kappa shape index (κ1) is 10.7. The minimum atomic E-state index is -2.85. The summed E-state index contributed by atoms with van der Waals surface area (Å²) in [6, 6.07) is 0. The van der Waals surface area contributed by atoms with Crippen molar-refractivity contribution in [3.8, 4) is 0 Å². The number of hydrogen-bond acceptors (Lipinski definition) is 4. The Kier molecular flexibility index (Phi) is 2.86. The van der Waals surface area contributed by atoms with Crippen molar-refractivity contribution in [3.05, 3.63) is 0 Å². The van der Waals surface area contributed by atoms with Gasteiger partial charge in [-0.1, -0.05) is 0 Å². The number of rotatable bonds is 2. The zero-order chi connectivity index (χ0) is 10.9. The zero-order valence-corrected chi connectivity index (χ0v) is 9.26. The van der Waals surface area contributed by atoms with Crippen molar-refractivity contribution in [2.75, 3.05) is 18.1 Å². The van der Waals surface area contributed by atoms with Gasteiger partial charge in [0.2, 0.25) is 0 Å². The van der Waals surface area contributed by atoms with Crippen molar-refractivity contribution < 1.29 is 17.9 Å². The number of amides is 1. The van der Waals surface area contributed by atoms with E-state index in [-0.39, 0.29) is 17.8 Å². The van der Waals surface area contributed by atoms with Crippen molar-refractivity contribution in [2.24, 2.45) is 5.92 Å². The van der Waals surface area contributed by atoms with E-state index in [4.69, 9.17) is 4.74 Å². The molecule has 2 heterocycles. The Balaban J connectivity index is 1.87. The second kappa shape index (κ2) is 4.00. The van der Waals surface area contributed by atoms with E-state index in [0.29, 0.717) is 18.7 Å². The molecule has 0 saturated carbocycles. The highest BCUT2D eigenvalue weighted by Crippen LogP contribution is 2.24. The first-order valence-corrected chi connectivity index (χ1v) is 7.02. The summed E-state index contributed by atoms with van der Waals surface area (Å²) >= 11 is 0. The summed E-state index contributed by atoms with van der Waals surface area (Å²) in [5.41, 5.74) is 0. The number of sulfone groups is 1. The summed E-state index contributed by atoms with van der Waals surface area (Å²) in [6.07, 6.45) is 1.79. The van der Waals surface area contributed by atoms with Gasteiger partial charge in [-0.25, -0.2) is 13.2 Å². The first-order chi connectivity index (χ1) is 7.05. The molecular weight excluding hydrogens is 218 g/mol. The highest BCUT2D eigenvalue weighted by Gasteiger charge is 2.30. The third-order valence-electron chi connectivity index (χ3n) is 2.90. The first-order valence-electron chi connectivity index (χ1n) is 5.20. The van der Waals surface area contributed by atoms with E-state index in [0.717, 1.165) is 12.8 Å². The summed E-state index contributed by atoms with van der Waals surface area (Å²) in [6.45, 7) is 0.509. The lowest BCUT2D eigenvalue weighted by Gasteiger charge is -2.23. The maximum absolute atomic E-state index is 11.4. The monoisotopic (exact) mass is 233 g/mol. The Hall–Kier alpha value is -0.780. The van der Waals surface area contributed by atoms with Crippen molar-refractivity contribution in [1.82, 2.24) is 5.32 Å². The molecule has 0 aromatic carbocycles. The maximum Gasteiger partial charge on any atom is 0.407 e. The molecular formula is C9H15NO4S. The minimum absolute atomic E-state index is 0.143. The topological polar surface area (TPSA) is 72.5 Å². The quantitative estimate of drug-likeness (QED) is 0.745. The Bertz CT molecular complexity index is 351. The van der Waals surface area contributed by atoms with Gasteiger partial charge in [-0.3, -0.25) is 0 Å². The fourth-order valence-corrected chi connectivity index (χ4v) is 4.03. The number of alkyl carbamates (subject to hydrolysis) is 1. The number of nitrogens with one attached hydrogen (secondary N) is 1. The van der Waals surface area contributed by atoms with Crippen LogP contribution in [-0.4, -0.2) is 38.7 Å². The molecule has 0 aromatic rings. The number of ether oxygens (including phenoxy) is 1. The molecule has 1 amide bonds. The van der Waals surface area contributed by atoms with Crippen molar-refractivity contribution in [1.29, 1.82) is 0 Å². The van der Waals surface area contributed by atoms with Crippen LogP contribution in [0.2, 0.25) is 0 Å². The molecule has 2 aliphatic heterocycles. The van der Waals surface area contributed by atoms with Gasteiger partial charge in [0.25, 0.3) is 0 Å². The maximum atomic E-state index is 11.4. The van der Waals surface area contributed by atoms with Gasteiger partial charge in [-0.05, 0) is 25.2 Å². The lowest BCUT2D eigenvalue weighted by molar-refractivity contribution is 0.126. The van der Waals surface area contributed by atoms with Crippen LogP contribution in [0.25, 0.3) is 0 Å². The van der Waals surface area contributed by atoms with Crippen LogP contribution in [0, 0.1) is 5.92 Å². The van der Waals surface area contributed by atoms with Crippen LogP contribution >= 0.6 is 0 Å². The standard InChI is InChI=1S/C9H15NO4S/c11-9-10-5-8(14-9)4-7-2-1-3-15(12,13)6-7/h7-8H,1-6H2,(H,10,11). The highest BCUT2D eigenvalue weighted by atomic mass is 32.2. The summed E-state index contributed by atoms with van der Waals surface area (Å²) in [5.74, 6) is 0.717. The molecule has 0 radical (unpaired) electrons. The Morgan fingerprint density at radius 2 is 2.27 bits per heavy atom. The average molecular weight is 233 g/mol. The highest BCUT2D eigenvalue weighted by molar-refractivity contribution is 7.91. The van der Waals surface area contributed by atoms with Crippen LogP contribution in [0.4, 0.5) is 4.79 Å². The van der Waals surface area contributed by atoms with Crippen LogP contribution in [-0.2, 0) is 14.6 Å². The predicted octanol–water partition coefficient (Wildman–Crippen LogP) is 0.310. The molecule has 2 rings (SSSR count). The summed E-state index contributed by atoms with van der Waals surface area (Å²) in [7, 11) is -2.85. The van der Waals surface area contributed by atoms with E-state index >= 15 is 0 Å². The van der Waals surface area contributed by atoms with Crippen LogP contribution in [0.1, 0.15) is 19.3 Å². The molecule has 0 aromatic heterocycles. The van der Waals surface area contributed by atoms with Gasteiger partial charge in [0.05, 0.1) is 18.1 Å². The molecule has 2 fully saturated rings. The molecule has 0 bridgehead atoms. The summed E-state index contributed by atoms with van der Waals surface area (Å²) in [4.78, 5) is 10.8. The van der Waals surface area contributed by atoms with Crippen LogP contribution < -0.4 is 5.32 Å². The normalized spacial score (nSPS) is 34.5. The fourth-order valence-electron chi connectivity index (χ4n) is 2.24. The van der Waals surface area contributed by atoms with Crippen LogP contribution in [0.15, 0.2) is 0 Å². The smallest absolute Gasteiger partial charge is 0.407 e. The van der Waals surface area contributed by atoms with E-state index in [1.165, 1.54) is 0 Å². The van der Waals surface area contributed by atoms with E-state index in [1.54, 1.807) is 0 Å². The van der Waals surface area contributed by atoms with E-state index in [1.807, 2.05) is 0 Å². The molecule has 2 atom stereocenters. The molecule has 6 heteroatoms.